The first kappa shape index (κ1) is 69.0. The minimum Gasteiger partial charge on any atom is -0.456 e. The van der Waals surface area contributed by atoms with E-state index >= 15 is 0 Å². The summed E-state index contributed by atoms with van der Waals surface area (Å²) < 4.78 is 22.2. The van der Waals surface area contributed by atoms with Gasteiger partial charge in [-0.05, 0) is 300 Å². The molecule has 0 amide bonds. The second kappa shape index (κ2) is 26.8. The summed E-state index contributed by atoms with van der Waals surface area (Å²) in [5, 5.41) is 13.8. The number of para-hydroxylation sites is 6. The van der Waals surface area contributed by atoms with Crippen LogP contribution in [0.5, 0.6) is 0 Å². The summed E-state index contributed by atoms with van der Waals surface area (Å²) in [7, 11) is 0. The summed E-state index contributed by atoms with van der Waals surface area (Å²) in [6, 6.07) is 110. The smallest absolute Gasteiger partial charge is 0.140 e. The van der Waals surface area contributed by atoms with Crippen LogP contribution in [0.2, 0.25) is 0 Å². The highest BCUT2D eigenvalue weighted by Crippen LogP contribution is 2.74. The first-order valence-electron chi connectivity index (χ1n) is 40.7. The van der Waals surface area contributed by atoms with E-state index in [1.54, 1.807) is 5.56 Å². The topological polar surface area (TPSA) is 44.8 Å². The van der Waals surface area contributed by atoms with E-state index in [0.29, 0.717) is 23.7 Å². The van der Waals surface area contributed by atoms with Crippen LogP contribution >= 0.6 is 54.5 Å². The second-order valence-corrected chi connectivity index (χ2v) is 37.5. The average Bonchev–Trinajstić information content (AvgIpc) is 1.48. The zero-order valence-corrected chi connectivity index (χ0v) is 67.1. The maximum atomic E-state index is 7.48. The first-order valence-corrected chi connectivity index (χ1v) is 44.0. The largest absolute Gasteiger partial charge is 0.456 e. The predicted octanol–water partition coefficient (Wildman–Crippen LogP) is 31.9. The Balaban J connectivity index is 0.000000125. The third kappa shape index (κ3) is 10.3. The van der Waals surface area contributed by atoms with Gasteiger partial charge in [-0.1, -0.05) is 181 Å². The van der Waals surface area contributed by atoms with Gasteiger partial charge in [0.15, 0.2) is 0 Å². The number of anilines is 8. The molecule has 4 heterocycles. The Kier molecular flexibility index (Phi) is 16.2. The van der Waals surface area contributed by atoms with Crippen LogP contribution in [-0.4, -0.2) is 0 Å². The van der Waals surface area contributed by atoms with E-state index in [4.69, 9.17) is 8.83 Å². The molecule has 18 aromatic rings. The van der Waals surface area contributed by atoms with Crippen LogP contribution in [-0.2, 0) is 10.8 Å². The van der Waals surface area contributed by atoms with Gasteiger partial charge in [-0.15, -0.1) is 22.7 Å². The molecular weight excluding hydrogens is 1560 g/mol. The van der Waals surface area contributed by atoms with E-state index in [9.17, 15) is 0 Å². The minimum absolute atomic E-state index is 0. The van der Waals surface area contributed by atoms with Gasteiger partial charge in [0.1, 0.15) is 22.3 Å². The van der Waals surface area contributed by atoms with E-state index < -0.39 is 0 Å². The summed E-state index contributed by atoms with van der Waals surface area (Å²) in [6.45, 7) is 0. The zero-order chi connectivity index (χ0) is 74.4. The summed E-state index contributed by atoms with van der Waals surface area (Å²) in [4.78, 5) is 4.88. The summed E-state index contributed by atoms with van der Waals surface area (Å²) in [5.74, 6) is 5.99. The summed E-state index contributed by atoms with van der Waals surface area (Å²) in [6.07, 6.45) is 13.6. The number of benzene rings is 14. The Hall–Kier alpha value is -10.5. The van der Waals surface area contributed by atoms with Gasteiger partial charge < -0.3 is 24.0 Å². The molecule has 114 heavy (non-hydrogen) atoms. The van der Waals surface area contributed by atoms with Crippen molar-refractivity contribution in [2.24, 2.45) is 47.3 Å². The van der Waals surface area contributed by atoms with Gasteiger partial charge in [-0.25, -0.2) is 0 Å². The highest BCUT2D eigenvalue weighted by molar-refractivity contribution is 9.11. The van der Waals surface area contributed by atoms with Crippen molar-refractivity contribution in [1.82, 2.24) is 0 Å². The van der Waals surface area contributed by atoms with E-state index in [2.05, 4.69) is 290 Å². The van der Waals surface area contributed by atoms with E-state index in [1.165, 1.54) is 187 Å². The number of furan rings is 2. The number of nitrogens with one attached hydrogen (secondary N) is 1. The molecule has 10 aliphatic rings. The molecular formula is C105H83Br2N3O2S2. The van der Waals surface area contributed by atoms with E-state index in [1.807, 2.05) is 83.3 Å². The van der Waals surface area contributed by atoms with Crippen LogP contribution in [0.15, 0.2) is 321 Å². The average molecular weight is 1640 g/mol. The van der Waals surface area contributed by atoms with Crippen LogP contribution in [0.3, 0.4) is 0 Å². The van der Waals surface area contributed by atoms with Gasteiger partial charge in [0.25, 0.3) is 0 Å². The molecule has 10 aliphatic carbocycles. The molecule has 28 rings (SSSR count). The van der Waals surface area contributed by atoms with Crippen molar-refractivity contribution >= 4 is 184 Å². The molecule has 0 saturated heterocycles. The lowest BCUT2D eigenvalue weighted by atomic mass is 9.43. The zero-order valence-electron chi connectivity index (χ0n) is 62.3. The quantitative estimate of drug-likeness (QED) is 0.164. The Morgan fingerprint density at radius 1 is 0.333 bits per heavy atom. The number of thiophene rings is 2. The Labute approximate surface area is 689 Å². The van der Waals surface area contributed by atoms with Gasteiger partial charge in [-0.3, -0.25) is 0 Å². The van der Waals surface area contributed by atoms with Gasteiger partial charge in [-0.2, -0.15) is 0 Å². The van der Waals surface area contributed by atoms with Gasteiger partial charge in [0.05, 0.1) is 15.1 Å². The van der Waals surface area contributed by atoms with Crippen LogP contribution < -0.4 is 15.1 Å². The van der Waals surface area contributed by atoms with Crippen molar-refractivity contribution in [2.75, 3.05) is 15.1 Å². The molecule has 556 valence electrons. The fraction of sp³-hybridized carbons (Fsp3) is 0.200. The lowest BCUT2D eigenvalue weighted by Gasteiger charge is -2.61. The van der Waals surface area contributed by atoms with Crippen LogP contribution in [0.1, 0.15) is 93.9 Å². The third-order valence-electron chi connectivity index (χ3n) is 28.0. The lowest BCUT2D eigenvalue weighted by molar-refractivity contribution is -0.0396. The fourth-order valence-electron chi connectivity index (χ4n) is 24.4. The SMILES string of the molecule is Brc1ccc2c(c1)oc1c3c(ccc12)-c1c(cc(Br)c2sc4ccccc4c12)C31C2CC3CC(C2)CC1C3.C.c1ccc(N(c2ccccc2)c2ccc3c(c2)oc2c4c(ccc23)-c2c(cc(N(c3ccccc3)c3ccccc3)c3sc5ccccc5c23)C42C3CC4CC(C3)CC2C4)cc1.c1ccc(Nc2ccccc2)cc1. The molecule has 8 fully saturated rings. The van der Waals surface area contributed by atoms with Gasteiger partial charge in [0.2, 0.25) is 0 Å². The molecule has 14 aromatic carbocycles. The normalized spacial score (nSPS) is 22.6. The van der Waals surface area contributed by atoms with Crippen LogP contribution in [0, 0.1) is 47.3 Å². The standard InChI is InChI=1S/C58H44N2OS.C34H24Br2OS.C12H11N.CH4/c1-5-15-40(16-6-1)59(41-17-7-2-8-18-41)44-25-26-45-46-27-28-48-53-49(58(55(48)56(46)61-51(45)34-44)38-30-36-29-37(32-38)33-39(58)31-36)35-50(57-54(53)47-23-13-14-24-52(47)62-57)60(42-19-9-3-10-20-42)43-21-11-4-12-22-43;35-20-5-6-21-22-7-8-24-29-25(15-26(36)33-30(29)23-3-1-2-4-28(23)38-33)34(31(24)32(22)37-27(21)14-20)18-10-16-9-17(12-18)13-19(34)11-16;1-3-7-11(8-4-1)13-12-9-5-2-6-10-12;/h1-28,34-39H,29-33H2;1-8,14-19H,9-13H2;1-10,13H;1H4. The molecule has 0 atom stereocenters. The number of nitrogens with zero attached hydrogens (tertiary/aromatic N) is 2. The number of fused-ring (bicyclic) bond motifs is 22. The number of rotatable bonds is 8. The molecule has 9 heteroatoms. The third-order valence-corrected chi connectivity index (χ3v) is 31.7. The van der Waals surface area contributed by atoms with Crippen molar-refractivity contribution in [3.8, 4) is 22.3 Å². The van der Waals surface area contributed by atoms with Crippen molar-refractivity contribution in [2.45, 2.75) is 82.5 Å². The molecule has 8 saturated carbocycles. The highest BCUT2D eigenvalue weighted by atomic mass is 79.9. The molecule has 0 radical (unpaired) electrons. The molecule has 4 aromatic heterocycles. The lowest BCUT2D eigenvalue weighted by Crippen LogP contribution is -2.55. The molecule has 8 bridgehead atoms. The van der Waals surface area contributed by atoms with Crippen molar-refractivity contribution in [3.05, 3.63) is 335 Å². The monoisotopic (exact) mass is 1640 g/mol. The summed E-state index contributed by atoms with van der Waals surface area (Å²) in [5.41, 5.74) is 25.2. The van der Waals surface area contributed by atoms with E-state index in [0.717, 1.165) is 78.9 Å². The molecule has 2 spiro atoms. The second-order valence-electron chi connectivity index (χ2n) is 33.7. The minimum atomic E-state index is -0.139. The fourth-order valence-corrected chi connectivity index (χ4v) is 27.7. The Morgan fingerprint density at radius 2 is 0.711 bits per heavy atom. The number of hydrogen-bond donors (Lipinski definition) is 1. The number of halogens is 2. The van der Waals surface area contributed by atoms with Gasteiger partial charge in [0, 0.05) is 129 Å². The number of hydrogen-bond acceptors (Lipinski definition) is 7. The molecule has 5 nitrogen and oxygen atoms in total. The predicted molar refractivity (Wildman–Crippen MR) is 487 cm³/mol. The molecule has 0 aliphatic heterocycles. The highest BCUT2D eigenvalue weighted by Gasteiger charge is 2.65. The van der Waals surface area contributed by atoms with Crippen molar-refractivity contribution < 1.29 is 8.83 Å². The maximum absolute atomic E-state index is 7.48. The first-order chi connectivity index (χ1) is 55.8. The van der Waals surface area contributed by atoms with E-state index in [-0.39, 0.29) is 18.3 Å². The van der Waals surface area contributed by atoms with Crippen LogP contribution in [0.25, 0.3) is 106 Å². The van der Waals surface area contributed by atoms with Crippen molar-refractivity contribution in [1.29, 1.82) is 0 Å². The summed E-state index contributed by atoms with van der Waals surface area (Å²) >= 11 is 11.7. The van der Waals surface area contributed by atoms with Crippen LogP contribution in [0.4, 0.5) is 45.5 Å². The molecule has 1 N–H and O–H groups in total. The Bertz CT molecular complexity index is 6680. The Morgan fingerprint density at radius 3 is 1.18 bits per heavy atom. The van der Waals surface area contributed by atoms with Crippen molar-refractivity contribution in [3.63, 3.8) is 0 Å². The molecule has 0 unspecified atom stereocenters. The van der Waals surface area contributed by atoms with Gasteiger partial charge >= 0.3 is 0 Å². The maximum Gasteiger partial charge on any atom is 0.140 e.